The molecule has 0 bridgehead atoms. The van der Waals surface area contributed by atoms with Gasteiger partial charge in [-0.3, -0.25) is 9.59 Å². The lowest BCUT2D eigenvalue weighted by Gasteiger charge is -2.34. The number of Topliss-reactive ketones (excluding diaryl/α,β-unsaturated/α-hetero) is 1. The van der Waals surface area contributed by atoms with E-state index in [2.05, 4.69) is 16.8 Å². The number of amides is 1. The van der Waals surface area contributed by atoms with Crippen LogP contribution in [0.15, 0.2) is 24.3 Å². The summed E-state index contributed by atoms with van der Waals surface area (Å²) >= 11 is 0. The molecule has 2 aliphatic heterocycles. The molecule has 0 aromatic heterocycles. The molecule has 1 aromatic rings. The van der Waals surface area contributed by atoms with E-state index >= 15 is 0 Å². The van der Waals surface area contributed by atoms with Gasteiger partial charge in [0.05, 0.1) is 0 Å². The van der Waals surface area contributed by atoms with Gasteiger partial charge in [0.2, 0.25) is 5.91 Å². The van der Waals surface area contributed by atoms with Crippen LogP contribution in [0.4, 0.5) is 5.69 Å². The van der Waals surface area contributed by atoms with Crippen LogP contribution in [0.2, 0.25) is 0 Å². The standard InChI is InChI=1S/C21H31N3O2/c1-16(25)18-4-6-19(7-5-18)24-12-8-17(9-13-24)14-21(26)23(3)20-10-11-22(2)15-20/h4-7,17,20H,8-15H2,1-3H3. The van der Waals surface area contributed by atoms with Gasteiger partial charge in [0.15, 0.2) is 5.78 Å². The monoisotopic (exact) mass is 357 g/mol. The Morgan fingerprint density at radius 1 is 1.08 bits per heavy atom. The molecule has 2 fully saturated rings. The average molecular weight is 357 g/mol. The molecule has 0 radical (unpaired) electrons. The van der Waals surface area contributed by atoms with Crippen LogP contribution < -0.4 is 4.90 Å². The molecule has 26 heavy (non-hydrogen) atoms. The minimum absolute atomic E-state index is 0.103. The molecule has 2 aliphatic rings. The van der Waals surface area contributed by atoms with Crippen LogP contribution in [-0.4, -0.2) is 67.8 Å². The molecule has 142 valence electrons. The molecule has 5 heteroatoms. The van der Waals surface area contributed by atoms with Gasteiger partial charge in [-0.2, -0.15) is 0 Å². The van der Waals surface area contributed by atoms with E-state index in [1.807, 2.05) is 36.2 Å². The minimum atomic E-state index is 0.103. The van der Waals surface area contributed by atoms with Gasteiger partial charge in [-0.15, -0.1) is 0 Å². The first-order chi connectivity index (χ1) is 12.4. The largest absolute Gasteiger partial charge is 0.372 e. The van der Waals surface area contributed by atoms with Crippen LogP contribution in [-0.2, 0) is 4.79 Å². The van der Waals surface area contributed by atoms with Crippen LogP contribution in [0.5, 0.6) is 0 Å². The molecule has 2 heterocycles. The van der Waals surface area contributed by atoms with Crippen molar-refractivity contribution in [2.75, 3.05) is 45.2 Å². The minimum Gasteiger partial charge on any atom is -0.372 e. The molecule has 2 saturated heterocycles. The third-order valence-electron chi connectivity index (χ3n) is 6.02. The second-order valence-electron chi connectivity index (χ2n) is 7.95. The summed E-state index contributed by atoms with van der Waals surface area (Å²) in [6.45, 7) is 5.64. The number of hydrogen-bond donors (Lipinski definition) is 0. The van der Waals surface area contributed by atoms with Gasteiger partial charge >= 0.3 is 0 Å². The smallest absolute Gasteiger partial charge is 0.222 e. The van der Waals surface area contributed by atoms with Crippen molar-refractivity contribution in [3.63, 3.8) is 0 Å². The van der Waals surface area contributed by atoms with Crippen molar-refractivity contribution < 1.29 is 9.59 Å². The molecule has 3 rings (SSSR count). The van der Waals surface area contributed by atoms with E-state index in [0.29, 0.717) is 24.3 Å². The summed E-state index contributed by atoms with van der Waals surface area (Å²) in [7, 11) is 4.09. The normalized spacial score (nSPS) is 21.8. The van der Waals surface area contributed by atoms with Gasteiger partial charge in [0.1, 0.15) is 0 Å². The summed E-state index contributed by atoms with van der Waals surface area (Å²) in [5.41, 5.74) is 1.93. The van der Waals surface area contributed by atoms with E-state index in [0.717, 1.165) is 51.0 Å². The predicted molar refractivity (Wildman–Crippen MR) is 105 cm³/mol. The number of anilines is 1. The van der Waals surface area contributed by atoms with Crippen LogP contribution in [0.1, 0.15) is 43.0 Å². The maximum absolute atomic E-state index is 12.6. The van der Waals surface area contributed by atoms with Gasteiger partial charge in [-0.05, 0) is 70.0 Å². The first kappa shape index (κ1) is 18.9. The summed E-state index contributed by atoms with van der Waals surface area (Å²) in [6.07, 6.45) is 3.87. The first-order valence-electron chi connectivity index (χ1n) is 9.74. The average Bonchev–Trinajstić information content (AvgIpc) is 3.08. The number of hydrogen-bond acceptors (Lipinski definition) is 4. The number of likely N-dealkylation sites (tertiary alicyclic amines) is 1. The van der Waals surface area contributed by atoms with E-state index in [-0.39, 0.29) is 5.78 Å². The molecule has 5 nitrogen and oxygen atoms in total. The summed E-state index contributed by atoms with van der Waals surface area (Å²) in [6, 6.07) is 8.26. The highest BCUT2D eigenvalue weighted by Crippen LogP contribution is 2.26. The summed E-state index contributed by atoms with van der Waals surface area (Å²) in [4.78, 5) is 30.7. The van der Waals surface area contributed by atoms with E-state index in [1.165, 1.54) is 5.69 Å². The summed E-state index contributed by atoms with van der Waals surface area (Å²) < 4.78 is 0. The second-order valence-corrected chi connectivity index (χ2v) is 7.95. The maximum atomic E-state index is 12.6. The lowest BCUT2D eigenvalue weighted by molar-refractivity contribution is -0.132. The lowest BCUT2D eigenvalue weighted by atomic mass is 9.92. The molecule has 1 aromatic carbocycles. The van der Waals surface area contributed by atoms with E-state index in [1.54, 1.807) is 6.92 Å². The van der Waals surface area contributed by atoms with Gasteiger partial charge in [0.25, 0.3) is 0 Å². The Balaban J connectivity index is 1.47. The molecule has 0 N–H and O–H groups in total. The SMILES string of the molecule is CC(=O)c1ccc(N2CCC(CC(=O)N(C)C3CCN(C)C3)CC2)cc1. The quantitative estimate of drug-likeness (QED) is 0.760. The zero-order valence-electron chi connectivity index (χ0n) is 16.3. The molecule has 0 saturated carbocycles. The van der Waals surface area contributed by atoms with Crippen molar-refractivity contribution in [2.24, 2.45) is 5.92 Å². The van der Waals surface area contributed by atoms with Crippen molar-refractivity contribution in [3.8, 4) is 0 Å². The molecular weight excluding hydrogens is 326 g/mol. The second kappa shape index (κ2) is 8.21. The number of nitrogens with zero attached hydrogens (tertiary/aromatic N) is 3. The Morgan fingerprint density at radius 3 is 2.27 bits per heavy atom. The van der Waals surface area contributed by atoms with Gasteiger partial charge < -0.3 is 14.7 Å². The Labute approximate surface area is 156 Å². The highest BCUT2D eigenvalue weighted by atomic mass is 16.2. The fourth-order valence-electron chi connectivity index (χ4n) is 4.12. The van der Waals surface area contributed by atoms with E-state index in [9.17, 15) is 9.59 Å². The van der Waals surface area contributed by atoms with Gasteiger partial charge in [-0.1, -0.05) is 0 Å². The van der Waals surface area contributed by atoms with Crippen molar-refractivity contribution in [3.05, 3.63) is 29.8 Å². The fraction of sp³-hybridized carbons (Fsp3) is 0.619. The van der Waals surface area contributed by atoms with Crippen LogP contribution in [0.3, 0.4) is 0 Å². The zero-order valence-corrected chi connectivity index (χ0v) is 16.3. The van der Waals surface area contributed by atoms with E-state index in [4.69, 9.17) is 0 Å². The molecule has 1 unspecified atom stereocenters. The predicted octanol–water partition coefficient (Wildman–Crippen LogP) is 2.66. The Kier molecular flexibility index (Phi) is 5.97. The van der Waals surface area contributed by atoms with Crippen molar-refractivity contribution in [1.82, 2.24) is 9.80 Å². The number of piperidine rings is 1. The van der Waals surface area contributed by atoms with Crippen molar-refractivity contribution >= 4 is 17.4 Å². The summed E-state index contributed by atoms with van der Waals surface area (Å²) in [5, 5.41) is 0. The molecule has 1 amide bonds. The Morgan fingerprint density at radius 2 is 1.73 bits per heavy atom. The highest BCUT2D eigenvalue weighted by molar-refractivity contribution is 5.94. The first-order valence-corrected chi connectivity index (χ1v) is 9.74. The number of benzene rings is 1. The molecule has 0 spiro atoms. The topological polar surface area (TPSA) is 43.9 Å². The Bertz CT molecular complexity index is 635. The van der Waals surface area contributed by atoms with E-state index < -0.39 is 0 Å². The van der Waals surface area contributed by atoms with Crippen LogP contribution in [0.25, 0.3) is 0 Å². The lowest BCUT2D eigenvalue weighted by Crippen LogP contribution is -2.41. The Hall–Kier alpha value is -1.88. The molecule has 1 atom stereocenters. The summed E-state index contributed by atoms with van der Waals surface area (Å²) in [5.74, 6) is 0.887. The third kappa shape index (κ3) is 4.44. The van der Waals surface area contributed by atoms with Gasteiger partial charge in [0, 0.05) is 50.4 Å². The fourth-order valence-corrected chi connectivity index (χ4v) is 4.12. The molecular formula is C21H31N3O2. The zero-order chi connectivity index (χ0) is 18.7. The van der Waals surface area contributed by atoms with Crippen LogP contribution >= 0.6 is 0 Å². The molecule has 0 aliphatic carbocycles. The van der Waals surface area contributed by atoms with Crippen LogP contribution in [0, 0.1) is 5.92 Å². The maximum Gasteiger partial charge on any atom is 0.222 e. The van der Waals surface area contributed by atoms with Crippen molar-refractivity contribution in [2.45, 2.75) is 38.6 Å². The number of ketones is 1. The van der Waals surface area contributed by atoms with Gasteiger partial charge in [-0.25, -0.2) is 0 Å². The number of likely N-dealkylation sites (N-methyl/N-ethyl adjacent to an activating group) is 2. The number of rotatable bonds is 5. The number of carbonyl (C=O) groups excluding carboxylic acids is 2. The third-order valence-corrected chi connectivity index (χ3v) is 6.02. The highest BCUT2D eigenvalue weighted by Gasteiger charge is 2.29. The number of carbonyl (C=O) groups is 2. The van der Waals surface area contributed by atoms with Crippen molar-refractivity contribution in [1.29, 1.82) is 0 Å².